The third kappa shape index (κ3) is 6.90. The Morgan fingerprint density at radius 3 is 2.57 bits per heavy atom. The van der Waals surface area contributed by atoms with Gasteiger partial charge >= 0.3 is 0 Å². The summed E-state index contributed by atoms with van der Waals surface area (Å²) < 4.78 is 5.73. The summed E-state index contributed by atoms with van der Waals surface area (Å²) in [5.41, 5.74) is 1.01. The molecular formula is C21H38IN5O. The molecule has 2 heterocycles. The maximum absolute atomic E-state index is 5.73. The Labute approximate surface area is 187 Å². The number of likely N-dealkylation sites (tertiary alicyclic amines) is 1. The molecule has 2 aliphatic rings. The van der Waals surface area contributed by atoms with Crippen LogP contribution in [0, 0.1) is 25.7 Å². The Bertz CT molecular complexity index is 605. The normalized spacial score (nSPS) is 24.6. The van der Waals surface area contributed by atoms with Crippen LogP contribution in [0.3, 0.4) is 0 Å². The predicted molar refractivity (Wildman–Crippen MR) is 125 cm³/mol. The zero-order chi connectivity index (χ0) is 19.2. The van der Waals surface area contributed by atoms with Gasteiger partial charge in [-0.05, 0) is 64.5 Å². The number of halogens is 1. The van der Waals surface area contributed by atoms with E-state index in [0.29, 0.717) is 12.0 Å². The molecule has 2 fully saturated rings. The molecule has 0 amide bonds. The Kier molecular flexibility index (Phi) is 9.53. The molecule has 160 valence electrons. The fourth-order valence-electron chi connectivity index (χ4n) is 4.34. The molecule has 7 heteroatoms. The second kappa shape index (κ2) is 11.4. The van der Waals surface area contributed by atoms with Crippen LogP contribution in [0.4, 0.5) is 0 Å². The number of rotatable bonds is 5. The topological polar surface area (TPSA) is 65.7 Å². The minimum Gasteiger partial charge on any atom is -0.444 e. The summed E-state index contributed by atoms with van der Waals surface area (Å²) in [5.74, 6) is 4.30. The van der Waals surface area contributed by atoms with Crippen molar-refractivity contribution in [3.8, 4) is 0 Å². The van der Waals surface area contributed by atoms with Gasteiger partial charge in [-0.2, -0.15) is 0 Å². The second-order valence-corrected chi connectivity index (χ2v) is 8.53. The number of aryl methyl sites for hydroxylation is 2. The first-order valence-electron chi connectivity index (χ1n) is 10.7. The standard InChI is InChI=1S/C21H37N5O.HI/c1-15-6-5-7-19(12-15)25-21(22-4)23-13-18-8-10-26(11-9-18)14-20-24-16(2)17(3)27-20;/h15,18-19H,5-14H2,1-4H3,(H2,22,23,25);1H. The number of nitrogens with one attached hydrogen (secondary N) is 2. The molecule has 0 aromatic carbocycles. The van der Waals surface area contributed by atoms with Gasteiger partial charge in [0.25, 0.3) is 0 Å². The Morgan fingerprint density at radius 1 is 1.21 bits per heavy atom. The summed E-state index contributed by atoms with van der Waals surface area (Å²) in [6.07, 6.45) is 7.65. The lowest BCUT2D eigenvalue weighted by atomic mass is 9.87. The zero-order valence-corrected chi connectivity index (χ0v) is 20.3. The molecule has 1 aliphatic carbocycles. The van der Waals surface area contributed by atoms with E-state index in [1.807, 2.05) is 20.9 Å². The van der Waals surface area contributed by atoms with Crippen LogP contribution in [-0.2, 0) is 6.54 Å². The zero-order valence-electron chi connectivity index (χ0n) is 18.0. The molecule has 2 atom stereocenters. The van der Waals surface area contributed by atoms with E-state index in [-0.39, 0.29) is 24.0 Å². The van der Waals surface area contributed by atoms with Gasteiger partial charge < -0.3 is 15.1 Å². The van der Waals surface area contributed by atoms with Gasteiger partial charge in [0.15, 0.2) is 5.96 Å². The van der Waals surface area contributed by atoms with E-state index in [0.717, 1.165) is 55.4 Å². The average Bonchev–Trinajstić information content (AvgIpc) is 2.97. The van der Waals surface area contributed by atoms with Crippen LogP contribution >= 0.6 is 24.0 Å². The van der Waals surface area contributed by atoms with Crippen LogP contribution in [0.5, 0.6) is 0 Å². The smallest absolute Gasteiger partial charge is 0.208 e. The SMILES string of the molecule is CN=C(NCC1CCN(Cc2nc(C)c(C)o2)CC1)NC1CCCC(C)C1.I. The highest BCUT2D eigenvalue weighted by atomic mass is 127. The van der Waals surface area contributed by atoms with Crippen LogP contribution in [-0.4, -0.2) is 48.6 Å². The minimum atomic E-state index is 0. The Balaban J connectivity index is 0.00000280. The Hall–Kier alpha value is -0.830. The van der Waals surface area contributed by atoms with Gasteiger partial charge in [0.05, 0.1) is 12.2 Å². The number of hydrogen-bond acceptors (Lipinski definition) is 4. The van der Waals surface area contributed by atoms with Crippen molar-refractivity contribution in [2.45, 2.75) is 71.9 Å². The molecule has 2 unspecified atom stereocenters. The summed E-state index contributed by atoms with van der Waals surface area (Å²) in [6.45, 7) is 10.4. The van der Waals surface area contributed by atoms with Gasteiger partial charge in [-0.1, -0.05) is 19.8 Å². The number of oxazole rings is 1. The molecule has 6 nitrogen and oxygen atoms in total. The number of guanidine groups is 1. The quantitative estimate of drug-likeness (QED) is 0.363. The highest BCUT2D eigenvalue weighted by Crippen LogP contribution is 2.23. The summed E-state index contributed by atoms with van der Waals surface area (Å²) in [7, 11) is 1.88. The predicted octanol–water partition coefficient (Wildman–Crippen LogP) is 3.87. The van der Waals surface area contributed by atoms with Crippen LogP contribution in [0.15, 0.2) is 9.41 Å². The van der Waals surface area contributed by atoms with Crippen molar-refractivity contribution in [2.75, 3.05) is 26.7 Å². The van der Waals surface area contributed by atoms with Gasteiger partial charge in [-0.3, -0.25) is 9.89 Å². The van der Waals surface area contributed by atoms with E-state index in [9.17, 15) is 0 Å². The summed E-state index contributed by atoms with van der Waals surface area (Å²) in [6, 6.07) is 0.578. The van der Waals surface area contributed by atoms with E-state index in [1.165, 1.54) is 38.5 Å². The van der Waals surface area contributed by atoms with E-state index in [2.05, 4.69) is 32.4 Å². The van der Waals surface area contributed by atoms with Crippen LogP contribution in [0.2, 0.25) is 0 Å². The molecule has 2 N–H and O–H groups in total. The third-order valence-corrected chi connectivity index (χ3v) is 6.20. The third-order valence-electron chi connectivity index (χ3n) is 6.20. The molecule has 28 heavy (non-hydrogen) atoms. The number of aliphatic imine (C=N–C) groups is 1. The lowest BCUT2D eigenvalue weighted by Gasteiger charge is -2.32. The van der Waals surface area contributed by atoms with Crippen molar-refractivity contribution in [3.63, 3.8) is 0 Å². The maximum Gasteiger partial charge on any atom is 0.208 e. The first-order valence-corrected chi connectivity index (χ1v) is 10.7. The van der Waals surface area contributed by atoms with Crippen LogP contribution in [0.25, 0.3) is 0 Å². The van der Waals surface area contributed by atoms with Crippen LogP contribution < -0.4 is 10.6 Å². The lowest BCUT2D eigenvalue weighted by molar-refractivity contribution is 0.164. The number of hydrogen-bond donors (Lipinski definition) is 2. The maximum atomic E-state index is 5.73. The van der Waals surface area contributed by atoms with E-state index < -0.39 is 0 Å². The number of piperidine rings is 1. The molecule has 1 aromatic rings. The van der Waals surface area contributed by atoms with Gasteiger partial charge in [0.2, 0.25) is 5.89 Å². The minimum absolute atomic E-state index is 0. The van der Waals surface area contributed by atoms with Gasteiger partial charge in [-0.15, -0.1) is 24.0 Å². The van der Waals surface area contributed by atoms with Gasteiger partial charge in [0, 0.05) is 19.6 Å². The first kappa shape index (κ1) is 23.4. The molecular weight excluding hydrogens is 465 g/mol. The molecule has 0 spiro atoms. The molecule has 3 rings (SSSR count). The van der Waals surface area contributed by atoms with E-state index in [4.69, 9.17) is 4.42 Å². The summed E-state index contributed by atoms with van der Waals surface area (Å²) >= 11 is 0. The van der Waals surface area contributed by atoms with Gasteiger partial charge in [-0.25, -0.2) is 4.98 Å². The fraction of sp³-hybridized carbons (Fsp3) is 0.810. The molecule has 1 saturated heterocycles. The highest BCUT2D eigenvalue weighted by Gasteiger charge is 2.22. The number of aromatic nitrogens is 1. The van der Waals surface area contributed by atoms with Crippen molar-refractivity contribution in [1.82, 2.24) is 20.5 Å². The Morgan fingerprint density at radius 2 is 1.96 bits per heavy atom. The highest BCUT2D eigenvalue weighted by molar-refractivity contribution is 14.0. The summed E-state index contributed by atoms with van der Waals surface area (Å²) in [4.78, 5) is 11.4. The largest absolute Gasteiger partial charge is 0.444 e. The van der Waals surface area contributed by atoms with Gasteiger partial charge in [0.1, 0.15) is 5.76 Å². The molecule has 1 aromatic heterocycles. The number of nitrogens with zero attached hydrogens (tertiary/aromatic N) is 3. The van der Waals surface area contributed by atoms with Crippen molar-refractivity contribution >= 4 is 29.9 Å². The molecule has 0 radical (unpaired) electrons. The monoisotopic (exact) mass is 503 g/mol. The summed E-state index contributed by atoms with van der Waals surface area (Å²) in [5, 5.41) is 7.20. The van der Waals surface area contributed by atoms with Crippen molar-refractivity contribution < 1.29 is 4.42 Å². The first-order chi connectivity index (χ1) is 13.0. The van der Waals surface area contributed by atoms with Crippen molar-refractivity contribution in [3.05, 3.63) is 17.3 Å². The molecule has 1 aliphatic heterocycles. The van der Waals surface area contributed by atoms with Crippen molar-refractivity contribution in [2.24, 2.45) is 16.8 Å². The average molecular weight is 503 g/mol. The molecule has 0 bridgehead atoms. The van der Waals surface area contributed by atoms with E-state index in [1.54, 1.807) is 0 Å². The fourth-order valence-corrected chi connectivity index (χ4v) is 4.34. The van der Waals surface area contributed by atoms with Crippen molar-refractivity contribution in [1.29, 1.82) is 0 Å². The van der Waals surface area contributed by atoms with Crippen LogP contribution in [0.1, 0.15) is 62.8 Å². The lowest BCUT2D eigenvalue weighted by Crippen LogP contribution is -2.47. The van der Waals surface area contributed by atoms with E-state index >= 15 is 0 Å². The second-order valence-electron chi connectivity index (χ2n) is 8.53. The molecule has 1 saturated carbocycles.